The van der Waals surface area contributed by atoms with Crippen LogP contribution >= 0.6 is 0 Å². The van der Waals surface area contributed by atoms with Gasteiger partial charge in [-0.2, -0.15) is 0 Å². The molecule has 2 aliphatic heterocycles. The first-order valence-corrected chi connectivity index (χ1v) is 11.3. The van der Waals surface area contributed by atoms with Crippen molar-refractivity contribution in [3.8, 4) is 0 Å². The minimum Gasteiger partial charge on any atom is -0.378 e. The highest BCUT2D eigenvalue weighted by Gasteiger charge is 2.41. The molecule has 1 saturated carbocycles. The molecular weight excluding hydrogens is 348 g/mol. The lowest BCUT2D eigenvalue weighted by Crippen LogP contribution is -2.55. The molecule has 1 amide bonds. The Morgan fingerprint density at radius 2 is 1.86 bits per heavy atom. The molecule has 1 saturated heterocycles. The first-order valence-electron chi connectivity index (χ1n) is 11.3. The molecule has 2 fully saturated rings. The van der Waals surface area contributed by atoms with Gasteiger partial charge in [0.2, 0.25) is 5.91 Å². The van der Waals surface area contributed by atoms with Crippen LogP contribution in [-0.2, 0) is 16.0 Å². The van der Waals surface area contributed by atoms with Gasteiger partial charge in [-0.3, -0.25) is 9.69 Å². The predicted octanol–water partition coefficient (Wildman–Crippen LogP) is 4.48. The van der Waals surface area contributed by atoms with E-state index in [1.165, 1.54) is 42.5 Å². The van der Waals surface area contributed by atoms with Crippen molar-refractivity contribution >= 4 is 11.6 Å². The molecule has 4 rings (SSSR count). The van der Waals surface area contributed by atoms with Crippen LogP contribution < -0.4 is 4.90 Å². The molecule has 28 heavy (non-hydrogen) atoms. The van der Waals surface area contributed by atoms with Crippen LogP contribution in [0.15, 0.2) is 18.2 Å². The van der Waals surface area contributed by atoms with E-state index in [1.807, 2.05) is 0 Å². The van der Waals surface area contributed by atoms with E-state index in [0.29, 0.717) is 30.0 Å². The Balaban J connectivity index is 1.35. The Hall–Kier alpha value is -1.39. The zero-order chi connectivity index (χ0) is 19.7. The number of rotatable bonds is 5. The Kier molecular flexibility index (Phi) is 5.80. The maximum Gasteiger partial charge on any atom is 0.231 e. The summed E-state index contributed by atoms with van der Waals surface area (Å²) >= 11 is 0. The molecular formula is C24H36N2O2. The number of benzene rings is 1. The lowest BCUT2D eigenvalue weighted by molar-refractivity contribution is -0.118. The topological polar surface area (TPSA) is 32.8 Å². The average molecular weight is 385 g/mol. The number of hydrogen-bond donors (Lipinski definition) is 0. The molecule has 0 N–H and O–H groups in total. The summed E-state index contributed by atoms with van der Waals surface area (Å²) in [6, 6.07) is 6.82. The van der Waals surface area contributed by atoms with Crippen molar-refractivity contribution in [2.24, 2.45) is 0 Å². The third-order valence-electron chi connectivity index (χ3n) is 7.27. The number of ether oxygens (including phenoxy) is 1. The Morgan fingerprint density at radius 3 is 2.54 bits per heavy atom. The van der Waals surface area contributed by atoms with Crippen LogP contribution in [0.3, 0.4) is 0 Å². The van der Waals surface area contributed by atoms with Crippen LogP contribution in [0.5, 0.6) is 0 Å². The fourth-order valence-corrected chi connectivity index (χ4v) is 5.47. The fraction of sp³-hybridized carbons (Fsp3) is 0.708. The van der Waals surface area contributed by atoms with Crippen molar-refractivity contribution in [2.45, 2.75) is 89.8 Å². The van der Waals surface area contributed by atoms with Gasteiger partial charge in [0.1, 0.15) is 0 Å². The fourth-order valence-electron chi connectivity index (χ4n) is 5.47. The van der Waals surface area contributed by atoms with Gasteiger partial charge < -0.3 is 9.64 Å². The van der Waals surface area contributed by atoms with E-state index < -0.39 is 0 Å². The summed E-state index contributed by atoms with van der Waals surface area (Å²) in [6.45, 7) is 9.85. The minimum absolute atomic E-state index is 0.291. The molecule has 1 aromatic carbocycles. The Labute approximate surface area is 170 Å². The Morgan fingerprint density at radius 1 is 1.14 bits per heavy atom. The average Bonchev–Trinajstić information content (AvgIpc) is 3.02. The van der Waals surface area contributed by atoms with E-state index in [1.54, 1.807) is 0 Å². The second-order valence-electron chi connectivity index (χ2n) is 9.36. The summed E-state index contributed by atoms with van der Waals surface area (Å²) in [5.74, 6) is 0.291. The predicted molar refractivity (Wildman–Crippen MR) is 114 cm³/mol. The number of fused-ring (bicyclic) bond motifs is 1. The van der Waals surface area contributed by atoms with Crippen molar-refractivity contribution in [1.82, 2.24) is 4.90 Å². The zero-order valence-electron chi connectivity index (χ0n) is 17.9. The summed E-state index contributed by atoms with van der Waals surface area (Å²) < 4.78 is 5.99. The Bertz CT molecular complexity index is 701. The van der Waals surface area contributed by atoms with Gasteiger partial charge in [0, 0.05) is 37.0 Å². The minimum atomic E-state index is 0.291. The molecule has 0 bridgehead atoms. The molecule has 3 aliphatic rings. The first-order chi connectivity index (χ1) is 13.5. The molecule has 154 valence electrons. The van der Waals surface area contributed by atoms with Gasteiger partial charge in [-0.25, -0.2) is 0 Å². The van der Waals surface area contributed by atoms with Crippen molar-refractivity contribution in [3.05, 3.63) is 29.3 Å². The van der Waals surface area contributed by atoms with Crippen LogP contribution in [-0.4, -0.2) is 48.2 Å². The number of carbonyl (C=O) groups excluding carboxylic acids is 1. The third-order valence-corrected chi connectivity index (χ3v) is 7.27. The number of anilines is 1. The molecule has 0 atom stereocenters. The van der Waals surface area contributed by atoms with E-state index in [9.17, 15) is 4.79 Å². The van der Waals surface area contributed by atoms with Crippen molar-refractivity contribution in [2.75, 3.05) is 24.6 Å². The number of piperidine rings is 1. The largest absolute Gasteiger partial charge is 0.378 e. The molecule has 0 spiro atoms. The number of aryl methyl sites for hydroxylation is 1. The van der Waals surface area contributed by atoms with Gasteiger partial charge in [0.15, 0.2) is 0 Å². The van der Waals surface area contributed by atoms with Crippen LogP contribution in [0.2, 0.25) is 0 Å². The number of carbonyl (C=O) groups is 1. The van der Waals surface area contributed by atoms with Crippen molar-refractivity contribution < 1.29 is 9.53 Å². The monoisotopic (exact) mass is 384 g/mol. The number of likely N-dealkylation sites (tertiary alicyclic amines) is 1. The second-order valence-corrected chi connectivity index (χ2v) is 9.36. The van der Waals surface area contributed by atoms with Crippen LogP contribution in [0, 0.1) is 6.92 Å². The van der Waals surface area contributed by atoms with Gasteiger partial charge in [-0.15, -0.1) is 0 Å². The van der Waals surface area contributed by atoms with E-state index in [2.05, 4.69) is 48.8 Å². The van der Waals surface area contributed by atoms with E-state index in [4.69, 9.17) is 4.74 Å². The SMILES string of the molecule is CCCOC1CCC(C)(N2CCC(N3C(=O)Cc4ccc(C)cc43)CC2)CC1. The van der Waals surface area contributed by atoms with Crippen LogP contribution in [0.4, 0.5) is 5.69 Å². The maximum atomic E-state index is 12.7. The third kappa shape index (κ3) is 3.86. The second kappa shape index (κ2) is 8.16. The standard InChI is InChI=1S/C24H36N2O2/c1-4-15-28-21-7-11-24(3,12-8-21)25-13-9-20(10-14-25)26-22-16-18(2)5-6-19(22)17-23(26)27/h5-6,16,20-21H,4,7-15,17H2,1-3H3. The summed E-state index contributed by atoms with van der Waals surface area (Å²) in [7, 11) is 0. The van der Waals surface area contributed by atoms with Crippen molar-refractivity contribution in [1.29, 1.82) is 0 Å². The summed E-state index contributed by atoms with van der Waals surface area (Å²) in [5.41, 5.74) is 3.92. The van der Waals surface area contributed by atoms with Gasteiger partial charge in [-0.1, -0.05) is 19.1 Å². The summed E-state index contributed by atoms with van der Waals surface area (Å²) in [4.78, 5) is 17.5. The normalized spacial score (nSPS) is 29.3. The molecule has 0 aromatic heterocycles. The molecule has 4 heteroatoms. The highest BCUT2D eigenvalue weighted by atomic mass is 16.5. The number of amides is 1. The van der Waals surface area contributed by atoms with Gasteiger partial charge in [0.25, 0.3) is 0 Å². The molecule has 1 aliphatic carbocycles. The highest BCUT2D eigenvalue weighted by Crippen LogP contribution is 2.39. The highest BCUT2D eigenvalue weighted by molar-refractivity contribution is 6.02. The molecule has 0 radical (unpaired) electrons. The molecule has 2 heterocycles. The van der Waals surface area contributed by atoms with Crippen LogP contribution in [0.1, 0.15) is 69.9 Å². The molecule has 1 aromatic rings. The molecule has 4 nitrogen and oxygen atoms in total. The van der Waals surface area contributed by atoms with Crippen LogP contribution in [0.25, 0.3) is 0 Å². The van der Waals surface area contributed by atoms with Crippen molar-refractivity contribution in [3.63, 3.8) is 0 Å². The summed E-state index contributed by atoms with van der Waals surface area (Å²) in [5, 5.41) is 0. The van der Waals surface area contributed by atoms with E-state index in [0.717, 1.165) is 39.0 Å². The van der Waals surface area contributed by atoms with Gasteiger partial charge >= 0.3 is 0 Å². The van der Waals surface area contributed by atoms with E-state index in [-0.39, 0.29) is 0 Å². The first kappa shape index (κ1) is 19.9. The maximum absolute atomic E-state index is 12.7. The lowest BCUT2D eigenvalue weighted by Gasteiger charge is -2.49. The van der Waals surface area contributed by atoms with E-state index >= 15 is 0 Å². The lowest BCUT2D eigenvalue weighted by atomic mass is 9.79. The smallest absolute Gasteiger partial charge is 0.231 e. The number of nitrogens with zero attached hydrogens (tertiary/aromatic N) is 2. The summed E-state index contributed by atoms with van der Waals surface area (Å²) in [6.07, 6.45) is 9.17. The zero-order valence-corrected chi connectivity index (χ0v) is 17.9. The number of hydrogen-bond acceptors (Lipinski definition) is 3. The van der Waals surface area contributed by atoms with Gasteiger partial charge in [0.05, 0.1) is 12.5 Å². The quantitative estimate of drug-likeness (QED) is 0.750. The molecule has 0 unspecified atom stereocenters. The van der Waals surface area contributed by atoms with Gasteiger partial charge in [-0.05, 0) is 76.0 Å².